The van der Waals surface area contributed by atoms with E-state index in [0.29, 0.717) is 0 Å². The van der Waals surface area contributed by atoms with Gasteiger partial charge in [0.2, 0.25) is 5.28 Å². The lowest BCUT2D eigenvalue weighted by molar-refractivity contribution is 0.835. The molecule has 1 N–H and O–H groups in total. The molecule has 0 bridgehead atoms. The molecule has 1 unspecified atom stereocenters. The summed E-state index contributed by atoms with van der Waals surface area (Å²) in [6.45, 7) is 2.08. The Morgan fingerprint density at radius 1 is 1.21 bits per heavy atom. The van der Waals surface area contributed by atoms with Crippen molar-refractivity contribution in [1.29, 1.82) is 0 Å². The fourth-order valence-corrected chi connectivity index (χ4v) is 2.96. The van der Waals surface area contributed by atoms with Crippen LogP contribution in [0.2, 0.25) is 5.28 Å². The summed E-state index contributed by atoms with van der Waals surface area (Å²) in [5, 5.41) is 5.94. The van der Waals surface area contributed by atoms with Crippen LogP contribution in [0.15, 0.2) is 41.9 Å². The average molecular weight is 290 g/mol. The van der Waals surface area contributed by atoms with Gasteiger partial charge in [-0.2, -0.15) is 0 Å². The van der Waals surface area contributed by atoms with Crippen LogP contribution in [-0.2, 0) is 0 Å². The molecule has 96 valence electrons. The van der Waals surface area contributed by atoms with E-state index in [1.807, 2.05) is 6.07 Å². The number of hydrogen-bond donors (Lipinski definition) is 1. The molecule has 0 saturated heterocycles. The van der Waals surface area contributed by atoms with E-state index in [1.165, 1.54) is 11.1 Å². The van der Waals surface area contributed by atoms with E-state index in [-0.39, 0.29) is 10.7 Å². The summed E-state index contributed by atoms with van der Waals surface area (Å²) < 4.78 is 0. The molecule has 0 fully saturated rings. The maximum Gasteiger partial charge on any atom is 0.222 e. The molecule has 0 spiro atoms. The van der Waals surface area contributed by atoms with E-state index < -0.39 is 0 Å². The molecule has 1 aromatic carbocycles. The molecular formula is C14H12ClN3S. The molecule has 2 aromatic rings. The van der Waals surface area contributed by atoms with Crippen LogP contribution in [0.25, 0.3) is 5.70 Å². The van der Waals surface area contributed by atoms with E-state index >= 15 is 0 Å². The van der Waals surface area contributed by atoms with Gasteiger partial charge in [-0.25, -0.2) is 9.97 Å². The number of nitrogens with zero attached hydrogens (tertiary/aromatic N) is 2. The summed E-state index contributed by atoms with van der Waals surface area (Å²) in [6, 6.07) is 10.3. The molecule has 0 amide bonds. The summed E-state index contributed by atoms with van der Waals surface area (Å²) in [7, 11) is 0. The highest BCUT2D eigenvalue weighted by molar-refractivity contribution is 8.02. The minimum absolute atomic E-state index is 0.0943. The summed E-state index contributed by atoms with van der Waals surface area (Å²) in [6.07, 6.45) is 1.68. The number of aryl methyl sites for hydroxylation is 1. The van der Waals surface area contributed by atoms with Gasteiger partial charge in [0.25, 0.3) is 0 Å². The third-order valence-electron chi connectivity index (χ3n) is 2.89. The minimum atomic E-state index is 0.0943. The van der Waals surface area contributed by atoms with Crippen LogP contribution in [-0.4, -0.2) is 9.97 Å². The predicted octanol–water partition coefficient (Wildman–Crippen LogP) is 3.77. The predicted molar refractivity (Wildman–Crippen MR) is 79.7 cm³/mol. The number of thioether (sulfide) groups is 1. The fraction of sp³-hybridized carbons (Fsp3) is 0.143. The van der Waals surface area contributed by atoms with Gasteiger partial charge in [0.15, 0.2) is 0 Å². The lowest BCUT2D eigenvalue weighted by atomic mass is 10.1. The van der Waals surface area contributed by atoms with Gasteiger partial charge in [-0.05, 0) is 35.6 Å². The molecule has 3 nitrogen and oxygen atoms in total. The molecule has 0 radical (unpaired) electrons. The summed E-state index contributed by atoms with van der Waals surface area (Å²) in [4.78, 5) is 8.13. The molecule has 3 rings (SSSR count). The number of aromatic nitrogens is 2. The summed E-state index contributed by atoms with van der Waals surface area (Å²) in [5.74, 6) is 0. The van der Waals surface area contributed by atoms with Crippen LogP contribution in [0.1, 0.15) is 22.2 Å². The van der Waals surface area contributed by atoms with Crippen molar-refractivity contribution in [3.63, 3.8) is 0 Å². The van der Waals surface area contributed by atoms with Gasteiger partial charge in [0.1, 0.15) is 5.37 Å². The van der Waals surface area contributed by atoms with Crippen molar-refractivity contribution in [3.05, 3.63) is 64.0 Å². The van der Waals surface area contributed by atoms with E-state index in [1.54, 1.807) is 18.0 Å². The Kier molecular flexibility index (Phi) is 3.44. The Hall–Kier alpha value is -1.52. The van der Waals surface area contributed by atoms with Crippen molar-refractivity contribution in [2.75, 3.05) is 0 Å². The van der Waals surface area contributed by atoms with Crippen LogP contribution < -0.4 is 5.32 Å². The van der Waals surface area contributed by atoms with Gasteiger partial charge in [0.05, 0.1) is 5.69 Å². The highest BCUT2D eigenvalue weighted by Crippen LogP contribution is 2.36. The molecule has 1 aliphatic rings. The second kappa shape index (κ2) is 5.23. The maximum absolute atomic E-state index is 5.82. The Labute approximate surface area is 121 Å². The number of hydrogen-bond acceptors (Lipinski definition) is 4. The van der Waals surface area contributed by atoms with Crippen molar-refractivity contribution in [2.24, 2.45) is 0 Å². The van der Waals surface area contributed by atoms with Gasteiger partial charge in [-0.3, -0.25) is 0 Å². The van der Waals surface area contributed by atoms with E-state index in [2.05, 4.69) is 51.9 Å². The smallest absolute Gasteiger partial charge is 0.222 e. The van der Waals surface area contributed by atoms with Crippen LogP contribution in [0.4, 0.5) is 0 Å². The molecule has 1 aliphatic heterocycles. The Morgan fingerprint density at radius 2 is 2.00 bits per heavy atom. The number of benzene rings is 1. The molecular weight excluding hydrogens is 278 g/mol. The van der Waals surface area contributed by atoms with E-state index in [4.69, 9.17) is 11.6 Å². The zero-order chi connectivity index (χ0) is 13.2. The second-order valence-corrected chi connectivity index (χ2v) is 5.63. The number of rotatable bonds is 2. The Balaban J connectivity index is 1.78. The quantitative estimate of drug-likeness (QED) is 0.854. The molecule has 0 aliphatic carbocycles. The van der Waals surface area contributed by atoms with Crippen molar-refractivity contribution < 1.29 is 0 Å². The van der Waals surface area contributed by atoms with Crippen molar-refractivity contribution in [2.45, 2.75) is 12.3 Å². The first-order valence-electron chi connectivity index (χ1n) is 5.90. The Morgan fingerprint density at radius 3 is 2.74 bits per heavy atom. The van der Waals surface area contributed by atoms with Gasteiger partial charge < -0.3 is 5.32 Å². The zero-order valence-electron chi connectivity index (χ0n) is 10.3. The van der Waals surface area contributed by atoms with Crippen LogP contribution in [0.5, 0.6) is 0 Å². The lowest BCUT2D eigenvalue weighted by Crippen LogP contribution is -2.13. The largest absolute Gasteiger partial charge is 0.367 e. The highest BCUT2D eigenvalue weighted by Gasteiger charge is 2.20. The standard InChI is InChI=1S/C14H12ClN3S/c1-9-2-4-10(5-3-9)12-8-19-13(17-12)11-6-7-16-14(15)18-11/h2-8,13,17H,1H3. The van der Waals surface area contributed by atoms with Gasteiger partial charge in [-0.1, -0.05) is 29.8 Å². The molecule has 1 aromatic heterocycles. The first kappa shape index (κ1) is 12.5. The van der Waals surface area contributed by atoms with Gasteiger partial charge in [0, 0.05) is 11.9 Å². The van der Waals surface area contributed by atoms with Crippen LogP contribution >= 0.6 is 23.4 Å². The van der Waals surface area contributed by atoms with Crippen molar-refractivity contribution in [1.82, 2.24) is 15.3 Å². The molecule has 1 atom stereocenters. The third-order valence-corrected chi connectivity index (χ3v) is 4.07. The van der Waals surface area contributed by atoms with Gasteiger partial charge in [-0.15, -0.1) is 11.8 Å². The Bertz CT molecular complexity index is 625. The molecule has 2 heterocycles. The number of nitrogens with one attached hydrogen (secondary N) is 1. The van der Waals surface area contributed by atoms with Crippen molar-refractivity contribution >= 4 is 29.1 Å². The third kappa shape index (κ3) is 2.74. The molecule has 5 heteroatoms. The minimum Gasteiger partial charge on any atom is -0.367 e. The topological polar surface area (TPSA) is 37.8 Å². The van der Waals surface area contributed by atoms with Gasteiger partial charge >= 0.3 is 0 Å². The second-order valence-electron chi connectivity index (χ2n) is 4.31. The highest BCUT2D eigenvalue weighted by atomic mass is 35.5. The fourth-order valence-electron chi connectivity index (χ4n) is 1.87. The van der Waals surface area contributed by atoms with E-state index in [9.17, 15) is 0 Å². The lowest BCUT2D eigenvalue weighted by Gasteiger charge is -2.12. The summed E-state index contributed by atoms with van der Waals surface area (Å²) in [5.41, 5.74) is 4.45. The SMILES string of the molecule is Cc1ccc(C2=CSC(c3ccnc(Cl)n3)N2)cc1. The van der Waals surface area contributed by atoms with E-state index in [0.717, 1.165) is 11.4 Å². The van der Waals surface area contributed by atoms with Crippen LogP contribution in [0, 0.1) is 6.92 Å². The van der Waals surface area contributed by atoms with Crippen molar-refractivity contribution in [3.8, 4) is 0 Å². The average Bonchev–Trinajstić information content (AvgIpc) is 2.89. The first-order valence-corrected chi connectivity index (χ1v) is 7.22. The zero-order valence-corrected chi connectivity index (χ0v) is 11.9. The monoisotopic (exact) mass is 289 g/mol. The number of halogens is 1. The first-order chi connectivity index (χ1) is 9.22. The molecule has 19 heavy (non-hydrogen) atoms. The maximum atomic E-state index is 5.82. The molecule has 0 saturated carbocycles. The summed E-state index contributed by atoms with van der Waals surface area (Å²) >= 11 is 7.51. The van der Waals surface area contributed by atoms with Crippen LogP contribution in [0.3, 0.4) is 0 Å². The normalized spacial score (nSPS) is 18.0.